The Morgan fingerprint density at radius 2 is 1.93 bits per heavy atom. The van der Waals surface area contributed by atoms with E-state index < -0.39 is 0 Å². The molecule has 2 rings (SSSR count). The highest BCUT2D eigenvalue weighted by molar-refractivity contribution is 6.30. The lowest BCUT2D eigenvalue weighted by atomic mass is 10.0. The van der Waals surface area contributed by atoms with Gasteiger partial charge >= 0.3 is 0 Å². The predicted molar refractivity (Wildman–Crippen MR) is 60.1 cm³/mol. The third kappa shape index (κ3) is 2.39. The van der Waals surface area contributed by atoms with Gasteiger partial charge in [0.15, 0.2) is 0 Å². The number of hydrogen-bond acceptors (Lipinski definition) is 2. The monoisotopic (exact) mass is 233 g/mol. The van der Waals surface area contributed by atoms with Crippen molar-refractivity contribution in [3.63, 3.8) is 0 Å². The molecule has 0 aliphatic carbocycles. The van der Waals surface area contributed by atoms with Crippen molar-refractivity contribution < 1.29 is 5.11 Å². The van der Waals surface area contributed by atoms with Crippen LogP contribution >= 0.6 is 24.0 Å². The van der Waals surface area contributed by atoms with Crippen LogP contribution in [0.4, 0.5) is 0 Å². The standard InChI is InChI=1S/C10H12ClNO.ClH/c11-8-3-1-7(2-4-8)10-9(13)5-6-12-10;/h1-4,9-10,12-13H,5-6H2;1H. The number of hydrogen-bond donors (Lipinski definition) is 2. The minimum Gasteiger partial charge on any atom is -0.391 e. The van der Waals surface area contributed by atoms with Gasteiger partial charge < -0.3 is 10.4 Å². The SMILES string of the molecule is Cl.OC1CCNC1c1ccc(Cl)cc1. The Kier molecular flexibility index (Phi) is 4.20. The summed E-state index contributed by atoms with van der Waals surface area (Å²) in [6, 6.07) is 7.69. The number of rotatable bonds is 1. The van der Waals surface area contributed by atoms with E-state index in [1.165, 1.54) is 0 Å². The number of nitrogens with one attached hydrogen (secondary N) is 1. The molecule has 2 N–H and O–H groups in total. The lowest BCUT2D eigenvalue weighted by molar-refractivity contribution is 0.160. The maximum absolute atomic E-state index is 9.62. The van der Waals surface area contributed by atoms with E-state index in [1.54, 1.807) is 0 Å². The molecule has 0 radical (unpaired) electrons. The van der Waals surface area contributed by atoms with Gasteiger partial charge in [-0.3, -0.25) is 0 Å². The molecule has 1 saturated heterocycles. The molecule has 0 aromatic heterocycles. The second-order valence-corrected chi connectivity index (χ2v) is 3.78. The van der Waals surface area contributed by atoms with Crippen LogP contribution in [0.15, 0.2) is 24.3 Å². The smallest absolute Gasteiger partial charge is 0.0747 e. The average molecular weight is 234 g/mol. The van der Waals surface area contributed by atoms with Crippen LogP contribution < -0.4 is 5.32 Å². The minimum absolute atomic E-state index is 0. The summed E-state index contributed by atoms with van der Waals surface area (Å²) in [5, 5.41) is 13.6. The highest BCUT2D eigenvalue weighted by atomic mass is 35.5. The number of halogens is 2. The van der Waals surface area contributed by atoms with E-state index in [2.05, 4.69) is 5.32 Å². The molecule has 0 bridgehead atoms. The molecule has 2 nitrogen and oxygen atoms in total. The summed E-state index contributed by atoms with van der Waals surface area (Å²) in [5.41, 5.74) is 1.11. The van der Waals surface area contributed by atoms with Crippen molar-refractivity contribution in [2.45, 2.75) is 18.6 Å². The van der Waals surface area contributed by atoms with Gasteiger partial charge in [0.1, 0.15) is 0 Å². The Bertz CT molecular complexity index is 289. The Morgan fingerprint density at radius 1 is 1.29 bits per heavy atom. The molecule has 78 valence electrons. The van der Waals surface area contributed by atoms with Gasteiger partial charge in [-0.25, -0.2) is 0 Å². The van der Waals surface area contributed by atoms with Crippen LogP contribution in [0.3, 0.4) is 0 Å². The summed E-state index contributed by atoms with van der Waals surface area (Å²) >= 11 is 5.77. The summed E-state index contributed by atoms with van der Waals surface area (Å²) < 4.78 is 0. The minimum atomic E-state index is -0.263. The molecular formula is C10H13Cl2NO. The first-order valence-corrected chi connectivity index (χ1v) is 4.82. The second-order valence-electron chi connectivity index (χ2n) is 3.34. The van der Waals surface area contributed by atoms with Crippen molar-refractivity contribution in [3.05, 3.63) is 34.9 Å². The number of aliphatic hydroxyl groups is 1. The first-order chi connectivity index (χ1) is 6.27. The third-order valence-electron chi connectivity index (χ3n) is 2.42. The molecule has 1 aromatic carbocycles. The molecule has 1 aromatic rings. The lowest BCUT2D eigenvalue weighted by Crippen LogP contribution is -2.20. The highest BCUT2D eigenvalue weighted by Gasteiger charge is 2.25. The van der Waals surface area contributed by atoms with Crippen molar-refractivity contribution in [1.29, 1.82) is 0 Å². The van der Waals surface area contributed by atoms with Gasteiger partial charge in [0.05, 0.1) is 12.1 Å². The quantitative estimate of drug-likeness (QED) is 0.780. The second kappa shape index (κ2) is 4.99. The van der Waals surface area contributed by atoms with Crippen molar-refractivity contribution in [2.75, 3.05) is 6.54 Å². The van der Waals surface area contributed by atoms with Gasteiger partial charge in [-0.2, -0.15) is 0 Å². The largest absolute Gasteiger partial charge is 0.391 e. The Balaban J connectivity index is 0.000000980. The van der Waals surface area contributed by atoms with Crippen LogP contribution in [0.5, 0.6) is 0 Å². The first kappa shape index (κ1) is 11.8. The molecule has 0 amide bonds. The highest BCUT2D eigenvalue weighted by Crippen LogP contribution is 2.24. The van der Waals surface area contributed by atoms with Gasteiger partial charge in [-0.05, 0) is 30.7 Å². The van der Waals surface area contributed by atoms with Gasteiger partial charge in [-0.15, -0.1) is 12.4 Å². The van der Waals surface area contributed by atoms with Crippen molar-refractivity contribution in [2.24, 2.45) is 0 Å². The first-order valence-electron chi connectivity index (χ1n) is 4.44. The molecule has 2 unspecified atom stereocenters. The molecule has 4 heteroatoms. The van der Waals surface area contributed by atoms with Crippen molar-refractivity contribution in [3.8, 4) is 0 Å². The van der Waals surface area contributed by atoms with Gasteiger partial charge in [0, 0.05) is 5.02 Å². The summed E-state index contributed by atoms with van der Waals surface area (Å²) in [4.78, 5) is 0. The zero-order chi connectivity index (χ0) is 9.26. The van der Waals surface area contributed by atoms with Crippen LogP contribution in [-0.2, 0) is 0 Å². The maximum Gasteiger partial charge on any atom is 0.0747 e. The Morgan fingerprint density at radius 3 is 2.43 bits per heavy atom. The van der Waals surface area contributed by atoms with Crippen LogP contribution in [0.1, 0.15) is 18.0 Å². The normalized spacial score (nSPS) is 25.9. The molecule has 1 heterocycles. The average Bonchev–Trinajstić information content (AvgIpc) is 2.53. The van der Waals surface area contributed by atoms with E-state index in [0.717, 1.165) is 23.6 Å². The summed E-state index contributed by atoms with van der Waals surface area (Å²) in [5.74, 6) is 0. The van der Waals surface area contributed by atoms with Crippen molar-refractivity contribution >= 4 is 24.0 Å². The molecule has 1 aliphatic heterocycles. The van der Waals surface area contributed by atoms with E-state index in [1.807, 2.05) is 24.3 Å². The molecule has 2 atom stereocenters. The Labute approximate surface area is 94.7 Å². The van der Waals surface area contributed by atoms with E-state index >= 15 is 0 Å². The van der Waals surface area contributed by atoms with E-state index in [0.29, 0.717) is 0 Å². The zero-order valence-corrected chi connectivity index (χ0v) is 9.18. The topological polar surface area (TPSA) is 32.3 Å². The molecule has 0 spiro atoms. The maximum atomic E-state index is 9.62. The van der Waals surface area contributed by atoms with Crippen molar-refractivity contribution in [1.82, 2.24) is 5.32 Å². The summed E-state index contributed by atoms with van der Waals surface area (Å²) in [6.07, 6.45) is 0.564. The molecular weight excluding hydrogens is 221 g/mol. The summed E-state index contributed by atoms with van der Waals surface area (Å²) in [7, 11) is 0. The lowest BCUT2D eigenvalue weighted by Gasteiger charge is -2.14. The predicted octanol–water partition coefficient (Wildman–Crippen LogP) is 2.16. The third-order valence-corrected chi connectivity index (χ3v) is 2.67. The van der Waals surface area contributed by atoms with E-state index in [4.69, 9.17) is 11.6 Å². The number of aliphatic hydroxyl groups excluding tert-OH is 1. The van der Waals surface area contributed by atoms with Gasteiger partial charge in [-0.1, -0.05) is 23.7 Å². The Hall–Kier alpha value is -0.280. The van der Waals surface area contributed by atoms with Gasteiger partial charge in [0.25, 0.3) is 0 Å². The zero-order valence-electron chi connectivity index (χ0n) is 7.61. The molecule has 1 aliphatic rings. The van der Waals surface area contributed by atoms with E-state index in [9.17, 15) is 5.11 Å². The fourth-order valence-electron chi connectivity index (χ4n) is 1.70. The van der Waals surface area contributed by atoms with Crippen LogP contribution in [0.2, 0.25) is 5.02 Å². The molecule has 1 fully saturated rings. The molecule has 0 saturated carbocycles. The fourth-order valence-corrected chi connectivity index (χ4v) is 1.83. The van der Waals surface area contributed by atoms with Crippen LogP contribution in [0, 0.1) is 0 Å². The summed E-state index contributed by atoms with van der Waals surface area (Å²) in [6.45, 7) is 0.883. The van der Waals surface area contributed by atoms with Gasteiger partial charge in [0.2, 0.25) is 0 Å². The fraction of sp³-hybridized carbons (Fsp3) is 0.400. The van der Waals surface area contributed by atoms with E-state index in [-0.39, 0.29) is 24.6 Å². The van der Waals surface area contributed by atoms with Crippen LogP contribution in [0.25, 0.3) is 0 Å². The van der Waals surface area contributed by atoms with Crippen LogP contribution in [-0.4, -0.2) is 17.8 Å². The number of benzene rings is 1. The molecule has 14 heavy (non-hydrogen) atoms.